The highest BCUT2D eigenvalue weighted by Crippen LogP contribution is 2.29. The molecule has 0 atom stereocenters. The molecule has 0 aliphatic heterocycles. The fraction of sp³-hybridized carbons (Fsp3) is 0.300. The first kappa shape index (κ1) is 19.1. The maximum Gasteiger partial charge on any atom is 0.280 e. The number of pyridine rings is 1. The summed E-state index contributed by atoms with van der Waals surface area (Å²) in [5.74, 6) is -0.434. The number of amides is 1. The second-order valence-corrected chi connectivity index (χ2v) is 8.19. The number of halogens is 2. The molecule has 1 aliphatic carbocycles. The number of nitrogens with zero attached hydrogens (tertiary/aromatic N) is 1. The summed E-state index contributed by atoms with van der Waals surface area (Å²) in [6.07, 6.45) is 3.62. The van der Waals surface area contributed by atoms with Gasteiger partial charge in [-0.2, -0.15) is 0 Å². The second kappa shape index (κ2) is 7.67. The molecular formula is C20H18FIN2O4. The summed E-state index contributed by atoms with van der Waals surface area (Å²) in [5, 5.41) is 0.293. The van der Waals surface area contributed by atoms with Crippen LogP contribution in [0.3, 0.4) is 0 Å². The molecule has 8 heteroatoms. The Kier molecular flexibility index (Phi) is 5.24. The van der Waals surface area contributed by atoms with E-state index in [0.717, 1.165) is 16.4 Å². The van der Waals surface area contributed by atoms with E-state index in [0.29, 0.717) is 29.2 Å². The number of hydrogen-bond donors (Lipinski definition) is 1. The van der Waals surface area contributed by atoms with Crippen LogP contribution in [0, 0.1) is 15.3 Å². The van der Waals surface area contributed by atoms with Crippen molar-refractivity contribution in [1.82, 2.24) is 10.0 Å². The zero-order valence-corrected chi connectivity index (χ0v) is 17.3. The summed E-state index contributed by atoms with van der Waals surface area (Å²) in [4.78, 5) is 30.8. The average Bonchev–Trinajstić information content (AvgIpc) is 3.35. The lowest BCUT2D eigenvalue weighted by Crippen LogP contribution is -2.30. The molecule has 1 N–H and O–H groups in total. The number of rotatable bonds is 6. The zero-order chi connectivity index (χ0) is 19.8. The largest absolute Gasteiger partial charge is 0.463 e. The highest BCUT2D eigenvalue weighted by molar-refractivity contribution is 14.1. The van der Waals surface area contributed by atoms with Crippen molar-refractivity contribution in [3.63, 3.8) is 0 Å². The molecule has 0 unspecified atom stereocenters. The fourth-order valence-electron chi connectivity index (χ4n) is 3.12. The molecule has 4 rings (SSSR count). The van der Waals surface area contributed by atoms with Gasteiger partial charge in [0.25, 0.3) is 11.5 Å². The number of fused-ring (bicyclic) bond motifs is 1. The summed E-state index contributed by atoms with van der Waals surface area (Å²) in [5.41, 5.74) is 3.23. The Morgan fingerprint density at radius 3 is 2.89 bits per heavy atom. The van der Waals surface area contributed by atoms with Gasteiger partial charge in [-0.05, 0) is 65.1 Å². The van der Waals surface area contributed by atoms with E-state index in [1.165, 1.54) is 23.0 Å². The lowest BCUT2D eigenvalue weighted by Gasteiger charge is -2.15. The van der Waals surface area contributed by atoms with E-state index >= 15 is 0 Å². The monoisotopic (exact) mass is 496 g/mol. The molecule has 2 aromatic heterocycles. The minimum absolute atomic E-state index is 0.0660. The van der Waals surface area contributed by atoms with Gasteiger partial charge in [-0.3, -0.25) is 14.4 Å². The maximum atomic E-state index is 14.4. The Labute approximate surface area is 173 Å². The van der Waals surface area contributed by atoms with Crippen LogP contribution in [-0.2, 0) is 18.3 Å². The molecule has 1 aromatic carbocycles. The molecule has 2 heterocycles. The van der Waals surface area contributed by atoms with Crippen LogP contribution in [0.5, 0.6) is 0 Å². The Balaban J connectivity index is 1.77. The fourth-order valence-corrected chi connectivity index (χ4v) is 3.57. The highest BCUT2D eigenvalue weighted by Gasteiger charge is 2.26. The SMILES string of the molecule is Cn1c(Cc2ccc(I)cc2F)c(C(=O)NOCC2CC2)c2occc2c1=O. The Bertz CT molecular complexity index is 1120. The van der Waals surface area contributed by atoms with E-state index in [1.54, 1.807) is 19.2 Å². The third-order valence-corrected chi connectivity index (χ3v) is 5.57. The van der Waals surface area contributed by atoms with Crippen molar-refractivity contribution in [2.24, 2.45) is 13.0 Å². The minimum Gasteiger partial charge on any atom is -0.463 e. The van der Waals surface area contributed by atoms with Crippen LogP contribution >= 0.6 is 22.6 Å². The van der Waals surface area contributed by atoms with Gasteiger partial charge in [0.2, 0.25) is 0 Å². The van der Waals surface area contributed by atoms with Crippen LogP contribution in [-0.4, -0.2) is 17.1 Å². The van der Waals surface area contributed by atoms with E-state index in [-0.39, 0.29) is 23.1 Å². The van der Waals surface area contributed by atoms with E-state index in [9.17, 15) is 14.0 Å². The molecule has 6 nitrogen and oxygen atoms in total. The predicted octanol–water partition coefficient (Wildman–Crippen LogP) is 3.54. The van der Waals surface area contributed by atoms with Crippen molar-refractivity contribution in [3.05, 3.63) is 67.1 Å². The topological polar surface area (TPSA) is 73.5 Å². The van der Waals surface area contributed by atoms with Gasteiger partial charge in [0.05, 0.1) is 18.3 Å². The summed E-state index contributed by atoms with van der Waals surface area (Å²) in [7, 11) is 1.57. The van der Waals surface area contributed by atoms with Gasteiger partial charge in [0.1, 0.15) is 11.4 Å². The van der Waals surface area contributed by atoms with Crippen molar-refractivity contribution in [1.29, 1.82) is 0 Å². The first-order chi connectivity index (χ1) is 13.5. The Hall–Kier alpha value is -2.20. The third kappa shape index (κ3) is 3.70. The molecule has 3 aromatic rings. The van der Waals surface area contributed by atoms with Crippen molar-refractivity contribution < 1.29 is 18.4 Å². The van der Waals surface area contributed by atoms with Crippen LogP contribution in [0.25, 0.3) is 11.0 Å². The molecule has 1 saturated carbocycles. The van der Waals surface area contributed by atoms with E-state index < -0.39 is 11.7 Å². The predicted molar refractivity (Wildman–Crippen MR) is 110 cm³/mol. The lowest BCUT2D eigenvalue weighted by molar-refractivity contribution is 0.0269. The normalized spacial score (nSPS) is 13.8. The van der Waals surface area contributed by atoms with Gasteiger partial charge in [0.15, 0.2) is 5.58 Å². The number of hydrogen-bond acceptors (Lipinski definition) is 4. The first-order valence-corrected chi connectivity index (χ1v) is 9.98. The molecular weight excluding hydrogens is 478 g/mol. The average molecular weight is 496 g/mol. The lowest BCUT2D eigenvalue weighted by atomic mass is 10.0. The summed E-state index contributed by atoms with van der Waals surface area (Å²) < 4.78 is 22.0. The van der Waals surface area contributed by atoms with Crippen molar-refractivity contribution in [3.8, 4) is 0 Å². The molecule has 146 valence electrons. The van der Waals surface area contributed by atoms with Crippen LogP contribution in [0.15, 0.2) is 39.7 Å². The highest BCUT2D eigenvalue weighted by atomic mass is 127. The number of hydroxylamine groups is 1. The Morgan fingerprint density at radius 2 is 2.18 bits per heavy atom. The Morgan fingerprint density at radius 1 is 1.39 bits per heavy atom. The summed E-state index contributed by atoms with van der Waals surface area (Å²) >= 11 is 2.03. The molecule has 0 spiro atoms. The van der Waals surface area contributed by atoms with Crippen molar-refractivity contribution >= 4 is 39.5 Å². The molecule has 1 fully saturated rings. The number of benzene rings is 1. The van der Waals surface area contributed by atoms with Crippen LogP contribution in [0.1, 0.15) is 34.5 Å². The first-order valence-electron chi connectivity index (χ1n) is 8.91. The van der Waals surface area contributed by atoms with Crippen molar-refractivity contribution in [2.75, 3.05) is 6.61 Å². The summed E-state index contributed by atoms with van der Waals surface area (Å²) in [6, 6.07) is 6.37. The van der Waals surface area contributed by atoms with Gasteiger partial charge in [-0.15, -0.1) is 0 Å². The van der Waals surface area contributed by atoms with Gasteiger partial charge in [-0.1, -0.05) is 6.07 Å². The maximum absolute atomic E-state index is 14.4. The van der Waals surface area contributed by atoms with Gasteiger partial charge in [0, 0.05) is 22.7 Å². The standard InChI is InChI=1S/C20H18FIN2O4/c1-24-16(8-12-4-5-13(22)9-15(12)21)17(18-14(20(24)26)6-7-27-18)19(25)23-28-10-11-2-3-11/h4-7,9,11H,2-3,8,10H2,1H3,(H,23,25). The number of furan rings is 1. The third-order valence-electron chi connectivity index (χ3n) is 4.90. The molecule has 28 heavy (non-hydrogen) atoms. The summed E-state index contributed by atoms with van der Waals surface area (Å²) in [6.45, 7) is 0.444. The van der Waals surface area contributed by atoms with E-state index in [2.05, 4.69) is 5.48 Å². The number of aromatic nitrogens is 1. The van der Waals surface area contributed by atoms with Crippen molar-refractivity contribution in [2.45, 2.75) is 19.3 Å². The van der Waals surface area contributed by atoms with Gasteiger partial charge in [-0.25, -0.2) is 9.87 Å². The number of carbonyl (C=O) groups is 1. The second-order valence-electron chi connectivity index (χ2n) is 6.95. The van der Waals surface area contributed by atoms with Crippen LogP contribution in [0.2, 0.25) is 0 Å². The molecule has 0 radical (unpaired) electrons. The van der Waals surface area contributed by atoms with Gasteiger partial charge >= 0.3 is 0 Å². The molecule has 0 saturated heterocycles. The zero-order valence-electron chi connectivity index (χ0n) is 15.1. The number of carbonyl (C=O) groups excluding carboxylic acids is 1. The van der Waals surface area contributed by atoms with Crippen LogP contribution < -0.4 is 11.0 Å². The van der Waals surface area contributed by atoms with E-state index in [4.69, 9.17) is 9.25 Å². The number of nitrogens with one attached hydrogen (secondary N) is 1. The molecule has 1 aliphatic rings. The molecule has 0 bridgehead atoms. The minimum atomic E-state index is -0.517. The van der Waals surface area contributed by atoms with E-state index in [1.807, 2.05) is 22.6 Å². The quantitative estimate of drug-likeness (QED) is 0.419. The van der Waals surface area contributed by atoms with Gasteiger partial charge < -0.3 is 8.98 Å². The molecule has 1 amide bonds. The smallest absolute Gasteiger partial charge is 0.280 e. The van der Waals surface area contributed by atoms with Crippen LogP contribution in [0.4, 0.5) is 4.39 Å².